The van der Waals surface area contributed by atoms with Crippen LogP contribution in [0.5, 0.6) is 0 Å². The van der Waals surface area contributed by atoms with Crippen LogP contribution in [0.15, 0.2) is 30.3 Å². The summed E-state index contributed by atoms with van der Waals surface area (Å²) in [4.78, 5) is 10.7. The molecule has 0 unspecified atom stereocenters. The van der Waals surface area contributed by atoms with Gasteiger partial charge >= 0.3 is 12.1 Å². The number of benzene rings is 1. The Morgan fingerprint density at radius 1 is 1.29 bits per heavy atom. The molecule has 96 valence electrons. The molecular weight excluding hydrogens is 261 g/mol. The lowest BCUT2D eigenvalue weighted by molar-refractivity contribution is -0.193. The van der Waals surface area contributed by atoms with Gasteiger partial charge in [0.05, 0.1) is 0 Å². The predicted molar refractivity (Wildman–Crippen MR) is 56.1 cm³/mol. The first-order valence-corrected chi connectivity index (χ1v) is 4.36. The second-order valence-corrected chi connectivity index (χ2v) is 3.06. The van der Waals surface area contributed by atoms with Gasteiger partial charge in [-0.05, 0) is 5.56 Å². The van der Waals surface area contributed by atoms with Crippen LogP contribution in [-0.4, -0.2) is 23.9 Å². The molecule has 1 atom stereocenters. The average Bonchev–Trinajstić information content (AvgIpc) is 2.17. The molecule has 0 radical (unpaired) electrons. The van der Waals surface area contributed by atoms with Crippen LogP contribution in [0, 0.1) is 0 Å². The molecule has 3 nitrogen and oxygen atoms in total. The van der Waals surface area contributed by atoms with E-state index >= 15 is 0 Å². The van der Waals surface area contributed by atoms with Crippen molar-refractivity contribution in [2.75, 3.05) is 6.61 Å². The maximum Gasteiger partial charge on any atom is 0.411 e. The standard InChI is InChI=1S/C10H9F3O3.ClH/c11-10(12,13)6-16-8(9(14)15)7-4-2-1-3-5-7;/h1-5,8H,6H2,(H,14,15);1H/t8-;/m1./s1. The largest absolute Gasteiger partial charge is 0.479 e. The van der Waals surface area contributed by atoms with Crippen molar-refractivity contribution in [1.82, 2.24) is 0 Å². The molecule has 7 heteroatoms. The molecule has 1 rings (SSSR count). The summed E-state index contributed by atoms with van der Waals surface area (Å²) in [5.74, 6) is -1.45. The van der Waals surface area contributed by atoms with Crippen molar-refractivity contribution in [2.45, 2.75) is 12.3 Å². The highest BCUT2D eigenvalue weighted by molar-refractivity contribution is 5.85. The number of carboxylic acids is 1. The number of carboxylic acid groups (broad SMARTS) is 1. The fourth-order valence-electron chi connectivity index (χ4n) is 1.12. The lowest BCUT2D eigenvalue weighted by atomic mass is 10.1. The van der Waals surface area contributed by atoms with Crippen molar-refractivity contribution < 1.29 is 27.8 Å². The van der Waals surface area contributed by atoms with Crippen molar-refractivity contribution >= 4 is 18.4 Å². The third kappa shape index (κ3) is 5.55. The van der Waals surface area contributed by atoms with Crippen LogP contribution in [0.1, 0.15) is 11.7 Å². The Balaban J connectivity index is 0.00000256. The van der Waals surface area contributed by atoms with E-state index in [1.165, 1.54) is 24.3 Å². The molecule has 0 saturated heterocycles. The van der Waals surface area contributed by atoms with Crippen LogP contribution in [-0.2, 0) is 9.53 Å². The second-order valence-electron chi connectivity index (χ2n) is 3.06. The molecule has 0 amide bonds. The Hall–Kier alpha value is -1.27. The summed E-state index contributed by atoms with van der Waals surface area (Å²) in [6.45, 7) is -1.58. The number of halogens is 4. The fourth-order valence-corrected chi connectivity index (χ4v) is 1.12. The number of hydrogen-bond donors (Lipinski definition) is 1. The first kappa shape index (κ1) is 15.7. The van der Waals surface area contributed by atoms with Gasteiger partial charge in [-0.15, -0.1) is 12.4 Å². The lowest BCUT2D eigenvalue weighted by Gasteiger charge is -2.15. The maximum atomic E-state index is 11.9. The van der Waals surface area contributed by atoms with E-state index in [4.69, 9.17) is 5.11 Å². The van der Waals surface area contributed by atoms with E-state index in [2.05, 4.69) is 4.74 Å². The Morgan fingerprint density at radius 2 is 1.82 bits per heavy atom. The molecule has 1 aromatic rings. The molecule has 0 saturated carbocycles. The molecule has 17 heavy (non-hydrogen) atoms. The van der Waals surface area contributed by atoms with Gasteiger partial charge in [0.15, 0.2) is 6.10 Å². The summed E-state index contributed by atoms with van der Waals surface area (Å²) in [5.41, 5.74) is 0.180. The number of aliphatic carboxylic acids is 1. The van der Waals surface area contributed by atoms with E-state index in [0.29, 0.717) is 0 Å². The second kappa shape index (κ2) is 6.46. The van der Waals surface area contributed by atoms with Crippen molar-refractivity contribution in [3.63, 3.8) is 0 Å². The third-order valence-electron chi connectivity index (χ3n) is 1.74. The van der Waals surface area contributed by atoms with E-state index in [9.17, 15) is 18.0 Å². The summed E-state index contributed by atoms with van der Waals surface area (Å²) in [5, 5.41) is 8.73. The zero-order valence-corrected chi connectivity index (χ0v) is 9.29. The smallest absolute Gasteiger partial charge is 0.411 e. The SMILES string of the molecule is Cl.O=C(O)[C@H](OCC(F)(F)F)c1ccccc1. The minimum absolute atomic E-state index is 0. The van der Waals surface area contributed by atoms with Crippen molar-refractivity contribution in [3.05, 3.63) is 35.9 Å². The van der Waals surface area contributed by atoms with Crippen LogP contribution in [0.2, 0.25) is 0 Å². The zero-order chi connectivity index (χ0) is 12.2. The van der Waals surface area contributed by atoms with Gasteiger partial charge in [0.25, 0.3) is 0 Å². The van der Waals surface area contributed by atoms with E-state index < -0.39 is 24.9 Å². The highest BCUT2D eigenvalue weighted by atomic mass is 35.5. The Morgan fingerprint density at radius 3 is 2.24 bits per heavy atom. The number of carbonyl (C=O) groups is 1. The van der Waals surface area contributed by atoms with Crippen LogP contribution in [0.4, 0.5) is 13.2 Å². The number of alkyl halides is 3. The van der Waals surface area contributed by atoms with Gasteiger partial charge in [0, 0.05) is 0 Å². The summed E-state index contributed by atoms with van der Waals surface area (Å²) in [6, 6.07) is 7.49. The van der Waals surface area contributed by atoms with Crippen LogP contribution < -0.4 is 0 Å². The lowest BCUT2D eigenvalue weighted by Crippen LogP contribution is -2.23. The highest BCUT2D eigenvalue weighted by Crippen LogP contribution is 2.22. The minimum atomic E-state index is -4.54. The monoisotopic (exact) mass is 270 g/mol. The summed E-state index contributed by atoms with van der Waals surface area (Å²) >= 11 is 0. The maximum absolute atomic E-state index is 11.9. The first-order valence-electron chi connectivity index (χ1n) is 4.36. The van der Waals surface area contributed by atoms with E-state index in [0.717, 1.165) is 0 Å². The third-order valence-corrected chi connectivity index (χ3v) is 1.74. The summed E-state index contributed by atoms with van der Waals surface area (Å²) in [7, 11) is 0. The van der Waals surface area contributed by atoms with Crippen LogP contribution in [0.25, 0.3) is 0 Å². The summed E-state index contributed by atoms with van der Waals surface area (Å²) < 4.78 is 40.0. The highest BCUT2D eigenvalue weighted by Gasteiger charge is 2.31. The van der Waals surface area contributed by atoms with Crippen molar-refractivity contribution in [1.29, 1.82) is 0 Å². The van der Waals surface area contributed by atoms with Crippen LogP contribution in [0.3, 0.4) is 0 Å². The van der Waals surface area contributed by atoms with Gasteiger partial charge in [-0.3, -0.25) is 0 Å². The fraction of sp³-hybridized carbons (Fsp3) is 0.300. The molecule has 1 aromatic carbocycles. The Bertz CT molecular complexity index is 354. The van der Waals surface area contributed by atoms with E-state index in [-0.39, 0.29) is 18.0 Å². The molecule has 0 fully saturated rings. The van der Waals surface area contributed by atoms with Gasteiger partial charge in [-0.25, -0.2) is 4.79 Å². The minimum Gasteiger partial charge on any atom is -0.479 e. The quantitative estimate of drug-likeness (QED) is 0.915. The molecule has 0 spiro atoms. The summed E-state index contributed by atoms with van der Waals surface area (Å²) in [6.07, 6.45) is -6.13. The topological polar surface area (TPSA) is 46.5 Å². The first-order chi connectivity index (χ1) is 7.40. The van der Waals surface area contributed by atoms with Crippen LogP contribution >= 0.6 is 12.4 Å². The van der Waals surface area contributed by atoms with Gasteiger partial charge in [0.2, 0.25) is 0 Å². The van der Waals surface area contributed by atoms with Gasteiger partial charge in [-0.2, -0.15) is 13.2 Å². The molecular formula is C10H10ClF3O3. The predicted octanol–water partition coefficient (Wildman–Crippen LogP) is 2.81. The zero-order valence-electron chi connectivity index (χ0n) is 8.48. The number of rotatable bonds is 4. The number of ether oxygens (including phenoxy) is 1. The number of hydrogen-bond acceptors (Lipinski definition) is 2. The van der Waals surface area contributed by atoms with Gasteiger partial charge < -0.3 is 9.84 Å². The van der Waals surface area contributed by atoms with Crippen molar-refractivity contribution in [3.8, 4) is 0 Å². The van der Waals surface area contributed by atoms with Gasteiger partial charge in [-0.1, -0.05) is 30.3 Å². The average molecular weight is 271 g/mol. The molecule has 0 aliphatic carbocycles. The molecule has 0 heterocycles. The molecule has 1 N–H and O–H groups in total. The van der Waals surface area contributed by atoms with E-state index in [1.54, 1.807) is 6.07 Å². The molecule has 0 aromatic heterocycles. The molecule has 0 aliphatic rings. The van der Waals surface area contributed by atoms with Crippen molar-refractivity contribution in [2.24, 2.45) is 0 Å². The molecule has 0 bridgehead atoms. The normalized spacial score (nSPS) is 12.6. The van der Waals surface area contributed by atoms with E-state index in [1.807, 2.05) is 0 Å². The molecule has 0 aliphatic heterocycles. The van der Waals surface area contributed by atoms with Gasteiger partial charge in [0.1, 0.15) is 6.61 Å². The Labute approximate surface area is 102 Å². The Kier molecular flexibility index (Phi) is 5.98.